The molecule has 1 aromatic rings. The molecule has 1 aromatic carbocycles. The fourth-order valence-corrected chi connectivity index (χ4v) is 3.43. The molecule has 0 saturated carbocycles. The van der Waals surface area contributed by atoms with Gasteiger partial charge in [-0.25, -0.2) is 8.42 Å². The molecule has 3 nitrogen and oxygen atoms in total. The van der Waals surface area contributed by atoms with Gasteiger partial charge in [0.25, 0.3) is 0 Å². The van der Waals surface area contributed by atoms with Crippen molar-refractivity contribution >= 4 is 37.4 Å². The van der Waals surface area contributed by atoms with Crippen molar-refractivity contribution in [1.29, 1.82) is 0 Å². The maximum absolute atomic E-state index is 11.5. The van der Waals surface area contributed by atoms with Crippen molar-refractivity contribution in [3.8, 4) is 0 Å². The summed E-state index contributed by atoms with van der Waals surface area (Å²) in [5.41, 5.74) is 0.993. The molecule has 108 valence electrons. The molecule has 1 N–H and O–H groups in total. The highest BCUT2D eigenvalue weighted by Crippen LogP contribution is 2.32. The van der Waals surface area contributed by atoms with Crippen LogP contribution in [0.15, 0.2) is 22.7 Å². The van der Waals surface area contributed by atoms with E-state index in [-0.39, 0.29) is 17.5 Å². The van der Waals surface area contributed by atoms with E-state index in [0.717, 1.165) is 16.5 Å². The van der Waals surface area contributed by atoms with Gasteiger partial charge in [-0.05, 0) is 47.4 Å². The van der Waals surface area contributed by atoms with Gasteiger partial charge in [0.05, 0.1) is 10.8 Å². The summed E-state index contributed by atoms with van der Waals surface area (Å²) in [5.74, 6) is 0.433. The van der Waals surface area contributed by atoms with E-state index in [1.165, 1.54) is 0 Å². The van der Waals surface area contributed by atoms with Crippen molar-refractivity contribution in [1.82, 2.24) is 5.32 Å². The predicted octanol–water partition coefficient (Wildman–Crippen LogP) is 3.58. The SMILES string of the molecule is CCS(=O)(=O)CCCC(NC)c1cccc(Br)c1Cl. The summed E-state index contributed by atoms with van der Waals surface area (Å²) in [4.78, 5) is 0. The lowest BCUT2D eigenvalue weighted by Crippen LogP contribution is -2.18. The highest BCUT2D eigenvalue weighted by atomic mass is 79.9. The van der Waals surface area contributed by atoms with Gasteiger partial charge in [-0.3, -0.25) is 0 Å². The van der Waals surface area contributed by atoms with Gasteiger partial charge in [-0.2, -0.15) is 0 Å². The lowest BCUT2D eigenvalue weighted by atomic mass is 10.0. The maximum Gasteiger partial charge on any atom is 0.150 e. The van der Waals surface area contributed by atoms with Crippen LogP contribution in [0.5, 0.6) is 0 Å². The van der Waals surface area contributed by atoms with Crippen molar-refractivity contribution < 1.29 is 8.42 Å². The normalized spacial score (nSPS) is 13.5. The van der Waals surface area contributed by atoms with E-state index >= 15 is 0 Å². The number of hydrogen-bond acceptors (Lipinski definition) is 3. The van der Waals surface area contributed by atoms with Crippen LogP contribution in [0.25, 0.3) is 0 Å². The zero-order chi connectivity index (χ0) is 14.5. The molecule has 0 bridgehead atoms. The Bertz CT molecular complexity index is 519. The summed E-state index contributed by atoms with van der Waals surface area (Å²) in [6, 6.07) is 5.85. The maximum atomic E-state index is 11.5. The lowest BCUT2D eigenvalue weighted by molar-refractivity contribution is 0.535. The molecule has 1 atom stereocenters. The van der Waals surface area contributed by atoms with Gasteiger partial charge in [-0.15, -0.1) is 0 Å². The zero-order valence-corrected chi connectivity index (χ0v) is 14.3. The minimum absolute atomic E-state index is 0.0667. The molecule has 0 radical (unpaired) electrons. The molecule has 0 amide bonds. The van der Waals surface area contributed by atoms with E-state index < -0.39 is 9.84 Å². The van der Waals surface area contributed by atoms with E-state index in [4.69, 9.17) is 11.6 Å². The number of sulfone groups is 1. The molecule has 0 aromatic heterocycles. The Labute approximate surface area is 128 Å². The second kappa shape index (κ2) is 7.62. The monoisotopic (exact) mass is 367 g/mol. The molecule has 6 heteroatoms. The summed E-state index contributed by atoms with van der Waals surface area (Å²) in [6.07, 6.45) is 1.37. The van der Waals surface area contributed by atoms with Gasteiger partial charge in [0, 0.05) is 16.3 Å². The molecule has 0 heterocycles. The van der Waals surface area contributed by atoms with Crippen LogP contribution in [0.2, 0.25) is 5.02 Å². The van der Waals surface area contributed by atoms with E-state index in [0.29, 0.717) is 11.4 Å². The van der Waals surface area contributed by atoms with Crippen LogP contribution < -0.4 is 5.32 Å². The van der Waals surface area contributed by atoms with E-state index in [1.54, 1.807) is 6.92 Å². The van der Waals surface area contributed by atoms with Gasteiger partial charge >= 0.3 is 0 Å². The van der Waals surface area contributed by atoms with Gasteiger partial charge in [0.2, 0.25) is 0 Å². The molecule has 0 spiro atoms. The highest BCUT2D eigenvalue weighted by Gasteiger charge is 2.16. The lowest BCUT2D eigenvalue weighted by Gasteiger charge is -2.18. The van der Waals surface area contributed by atoms with Crippen molar-refractivity contribution in [3.05, 3.63) is 33.3 Å². The van der Waals surface area contributed by atoms with Crippen molar-refractivity contribution in [2.45, 2.75) is 25.8 Å². The van der Waals surface area contributed by atoms with Crippen LogP contribution in [0, 0.1) is 0 Å². The minimum atomic E-state index is -2.89. The van der Waals surface area contributed by atoms with Crippen molar-refractivity contribution in [2.24, 2.45) is 0 Å². The van der Waals surface area contributed by atoms with E-state index in [1.807, 2.05) is 25.2 Å². The second-order valence-electron chi connectivity index (χ2n) is 4.36. The standard InChI is InChI=1S/C13H19BrClNO2S/c1-3-19(17,18)9-5-8-12(16-2)10-6-4-7-11(14)13(10)15/h4,6-7,12,16H,3,5,8-9H2,1-2H3. The smallest absolute Gasteiger partial charge is 0.150 e. The molecular formula is C13H19BrClNO2S. The molecule has 0 aliphatic heterocycles. The average Bonchev–Trinajstić information content (AvgIpc) is 2.38. The number of rotatable bonds is 7. The van der Waals surface area contributed by atoms with Gasteiger partial charge in [0.15, 0.2) is 0 Å². The summed E-state index contributed by atoms with van der Waals surface area (Å²) < 4.78 is 23.8. The molecule has 19 heavy (non-hydrogen) atoms. The number of hydrogen-bond donors (Lipinski definition) is 1. The Morgan fingerprint density at radius 2 is 2.11 bits per heavy atom. The van der Waals surface area contributed by atoms with Crippen LogP contribution >= 0.6 is 27.5 Å². The average molecular weight is 369 g/mol. The fourth-order valence-electron chi connectivity index (χ4n) is 1.90. The first-order valence-corrected chi connectivity index (χ1v) is 9.22. The third kappa shape index (κ3) is 5.06. The quantitative estimate of drug-likeness (QED) is 0.800. The highest BCUT2D eigenvalue weighted by molar-refractivity contribution is 9.10. The van der Waals surface area contributed by atoms with Crippen LogP contribution in [0.4, 0.5) is 0 Å². The third-order valence-electron chi connectivity index (χ3n) is 3.09. The molecule has 0 fully saturated rings. The molecule has 1 rings (SSSR count). The van der Waals surface area contributed by atoms with Gasteiger partial charge in [-0.1, -0.05) is 30.7 Å². The third-order valence-corrected chi connectivity index (χ3v) is 6.19. The predicted molar refractivity (Wildman–Crippen MR) is 84.5 cm³/mol. The van der Waals surface area contributed by atoms with Crippen LogP contribution in [-0.2, 0) is 9.84 Å². The number of benzene rings is 1. The van der Waals surface area contributed by atoms with Gasteiger partial charge < -0.3 is 5.32 Å². The summed E-state index contributed by atoms with van der Waals surface area (Å²) >= 11 is 9.66. The number of nitrogens with one attached hydrogen (secondary N) is 1. The first-order chi connectivity index (χ1) is 8.91. The zero-order valence-electron chi connectivity index (χ0n) is 11.1. The Hall–Kier alpha value is -0.100. The topological polar surface area (TPSA) is 46.2 Å². The van der Waals surface area contributed by atoms with Crippen LogP contribution in [0.3, 0.4) is 0 Å². The van der Waals surface area contributed by atoms with Gasteiger partial charge in [0.1, 0.15) is 9.84 Å². The Kier molecular flexibility index (Phi) is 6.80. The Morgan fingerprint density at radius 1 is 1.42 bits per heavy atom. The van der Waals surface area contributed by atoms with Crippen LogP contribution in [-0.4, -0.2) is 27.0 Å². The molecule has 0 saturated heterocycles. The number of halogens is 2. The molecule has 0 aliphatic rings. The van der Waals surface area contributed by atoms with Crippen LogP contribution in [0.1, 0.15) is 31.4 Å². The minimum Gasteiger partial charge on any atom is -0.313 e. The van der Waals surface area contributed by atoms with E-state index in [2.05, 4.69) is 21.2 Å². The summed E-state index contributed by atoms with van der Waals surface area (Å²) in [7, 11) is -1.04. The molecule has 0 aliphatic carbocycles. The Morgan fingerprint density at radius 3 is 2.68 bits per heavy atom. The largest absolute Gasteiger partial charge is 0.313 e. The molecular weight excluding hydrogens is 350 g/mol. The summed E-state index contributed by atoms with van der Waals surface area (Å²) in [5, 5.41) is 3.87. The molecule has 1 unspecified atom stereocenters. The summed E-state index contributed by atoms with van der Waals surface area (Å²) in [6.45, 7) is 1.68. The second-order valence-corrected chi connectivity index (χ2v) is 8.07. The first kappa shape index (κ1) is 17.0. The first-order valence-electron chi connectivity index (χ1n) is 6.23. The van der Waals surface area contributed by atoms with Crippen molar-refractivity contribution in [3.63, 3.8) is 0 Å². The van der Waals surface area contributed by atoms with Crippen molar-refractivity contribution in [2.75, 3.05) is 18.6 Å². The Balaban J connectivity index is 2.71. The fraction of sp³-hybridized carbons (Fsp3) is 0.538. The van der Waals surface area contributed by atoms with E-state index in [9.17, 15) is 8.42 Å².